The van der Waals surface area contributed by atoms with Gasteiger partial charge in [-0.05, 0) is 6.92 Å². The number of hydrogen-bond acceptors (Lipinski definition) is 3. The third-order valence-corrected chi connectivity index (χ3v) is 1.77. The number of primary amides is 1. The SMILES string of the molecule is CC(=O)CC(C(N)=O)N(C)C(C)=O. The average molecular weight is 186 g/mol. The van der Waals surface area contributed by atoms with E-state index in [1.807, 2.05) is 0 Å². The second-order valence-corrected chi connectivity index (χ2v) is 2.95. The van der Waals surface area contributed by atoms with Gasteiger partial charge in [-0.3, -0.25) is 14.4 Å². The van der Waals surface area contributed by atoms with E-state index in [1.54, 1.807) is 0 Å². The van der Waals surface area contributed by atoms with Gasteiger partial charge in [-0.1, -0.05) is 0 Å². The molecule has 0 aromatic heterocycles. The number of ketones is 1. The molecule has 0 saturated heterocycles. The maximum absolute atomic E-state index is 10.9. The van der Waals surface area contributed by atoms with Crippen LogP contribution in [0.5, 0.6) is 0 Å². The molecule has 0 aliphatic carbocycles. The molecular formula is C8H14N2O3. The predicted octanol–water partition coefficient (Wildman–Crippen LogP) is -0.702. The van der Waals surface area contributed by atoms with E-state index in [4.69, 9.17) is 5.73 Å². The van der Waals surface area contributed by atoms with Crippen molar-refractivity contribution < 1.29 is 14.4 Å². The topological polar surface area (TPSA) is 80.5 Å². The van der Waals surface area contributed by atoms with E-state index in [9.17, 15) is 14.4 Å². The molecule has 0 saturated carbocycles. The molecular weight excluding hydrogens is 172 g/mol. The molecule has 2 amide bonds. The van der Waals surface area contributed by atoms with Crippen LogP contribution < -0.4 is 5.73 Å². The summed E-state index contributed by atoms with van der Waals surface area (Å²) in [6, 6.07) is -0.824. The number of Topliss-reactive ketones (excluding diaryl/α,β-unsaturated/α-hetero) is 1. The van der Waals surface area contributed by atoms with E-state index < -0.39 is 11.9 Å². The largest absolute Gasteiger partial charge is 0.368 e. The van der Waals surface area contributed by atoms with Crippen LogP contribution in [0.15, 0.2) is 0 Å². The summed E-state index contributed by atoms with van der Waals surface area (Å²) in [6.07, 6.45) is -0.0224. The molecule has 1 unspecified atom stereocenters. The van der Waals surface area contributed by atoms with E-state index in [0.717, 1.165) is 0 Å². The Bertz CT molecular complexity index is 238. The Balaban J connectivity index is 4.51. The fourth-order valence-electron chi connectivity index (χ4n) is 0.920. The lowest BCUT2D eigenvalue weighted by Gasteiger charge is -2.23. The van der Waals surface area contributed by atoms with Crippen LogP contribution in [0.1, 0.15) is 20.3 Å². The Morgan fingerprint density at radius 3 is 2.00 bits per heavy atom. The van der Waals surface area contributed by atoms with E-state index in [-0.39, 0.29) is 18.1 Å². The van der Waals surface area contributed by atoms with Crippen LogP contribution in [0.25, 0.3) is 0 Å². The Kier molecular flexibility index (Phi) is 4.10. The second-order valence-electron chi connectivity index (χ2n) is 2.95. The number of rotatable bonds is 4. The highest BCUT2D eigenvalue weighted by molar-refractivity contribution is 5.90. The van der Waals surface area contributed by atoms with E-state index in [1.165, 1.54) is 25.8 Å². The van der Waals surface area contributed by atoms with E-state index in [2.05, 4.69) is 0 Å². The molecule has 0 spiro atoms. The van der Waals surface area contributed by atoms with Gasteiger partial charge < -0.3 is 10.6 Å². The van der Waals surface area contributed by atoms with Gasteiger partial charge in [0.1, 0.15) is 11.8 Å². The normalized spacial score (nSPS) is 11.9. The highest BCUT2D eigenvalue weighted by Gasteiger charge is 2.23. The first kappa shape index (κ1) is 11.6. The third kappa shape index (κ3) is 3.68. The summed E-state index contributed by atoms with van der Waals surface area (Å²) >= 11 is 0. The summed E-state index contributed by atoms with van der Waals surface area (Å²) in [4.78, 5) is 33.6. The molecule has 5 nitrogen and oxygen atoms in total. The van der Waals surface area contributed by atoms with Gasteiger partial charge in [0, 0.05) is 20.4 Å². The van der Waals surface area contributed by atoms with Crippen molar-refractivity contribution >= 4 is 17.6 Å². The minimum atomic E-state index is -0.824. The number of amides is 2. The smallest absolute Gasteiger partial charge is 0.240 e. The molecule has 1 atom stereocenters. The standard InChI is InChI=1S/C8H14N2O3/c1-5(11)4-7(8(9)13)10(3)6(2)12/h7H,4H2,1-3H3,(H2,9,13). The summed E-state index contributed by atoms with van der Waals surface area (Å²) < 4.78 is 0. The van der Waals surface area contributed by atoms with Gasteiger partial charge in [-0.15, -0.1) is 0 Å². The Labute approximate surface area is 76.9 Å². The van der Waals surface area contributed by atoms with Gasteiger partial charge in [0.05, 0.1) is 0 Å². The Hall–Kier alpha value is -1.39. The summed E-state index contributed by atoms with van der Waals surface area (Å²) in [6.45, 7) is 2.67. The van der Waals surface area contributed by atoms with Crippen molar-refractivity contribution in [1.29, 1.82) is 0 Å². The van der Waals surface area contributed by atoms with Crippen LogP contribution in [0.3, 0.4) is 0 Å². The number of likely N-dealkylation sites (N-methyl/N-ethyl adjacent to an activating group) is 1. The molecule has 0 rings (SSSR count). The van der Waals surface area contributed by atoms with Gasteiger partial charge in [0.25, 0.3) is 0 Å². The van der Waals surface area contributed by atoms with Crippen LogP contribution in [0.4, 0.5) is 0 Å². The van der Waals surface area contributed by atoms with Crippen LogP contribution in [-0.4, -0.2) is 35.6 Å². The van der Waals surface area contributed by atoms with Crippen molar-refractivity contribution in [2.75, 3.05) is 7.05 Å². The molecule has 0 heterocycles. The molecule has 0 aliphatic rings. The zero-order valence-corrected chi connectivity index (χ0v) is 8.03. The molecule has 0 bridgehead atoms. The van der Waals surface area contributed by atoms with Crippen molar-refractivity contribution in [3.63, 3.8) is 0 Å². The van der Waals surface area contributed by atoms with Gasteiger partial charge in [0.15, 0.2) is 0 Å². The number of carbonyl (C=O) groups is 3. The molecule has 13 heavy (non-hydrogen) atoms. The van der Waals surface area contributed by atoms with Gasteiger partial charge in [0.2, 0.25) is 11.8 Å². The predicted molar refractivity (Wildman–Crippen MR) is 46.7 cm³/mol. The van der Waals surface area contributed by atoms with Gasteiger partial charge in [-0.2, -0.15) is 0 Å². The maximum Gasteiger partial charge on any atom is 0.240 e. The van der Waals surface area contributed by atoms with Gasteiger partial charge in [-0.25, -0.2) is 0 Å². The first-order valence-electron chi connectivity index (χ1n) is 3.88. The number of hydrogen-bond donors (Lipinski definition) is 1. The molecule has 5 heteroatoms. The molecule has 0 aromatic rings. The third-order valence-electron chi connectivity index (χ3n) is 1.77. The summed E-state index contributed by atoms with van der Waals surface area (Å²) in [5, 5.41) is 0. The molecule has 0 aliphatic heterocycles. The first-order chi connectivity index (χ1) is 5.86. The minimum Gasteiger partial charge on any atom is -0.368 e. The van der Waals surface area contributed by atoms with Crippen LogP contribution >= 0.6 is 0 Å². The number of carbonyl (C=O) groups excluding carboxylic acids is 3. The molecule has 0 aromatic carbocycles. The highest BCUT2D eigenvalue weighted by atomic mass is 16.2. The van der Waals surface area contributed by atoms with Crippen molar-refractivity contribution in [2.45, 2.75) is 26.3 Å². The Morgan fingerprint density at radius 1 is 1.31 bits per heavy atom. The van der Waals surface area contributed by atoms with Crippen LogP contribution in [-0.2, 0) is 14.4 Å². The molecule has 2 N–H and O–H groups in total. The first-order valence-corrected chi connectivity index (χ1v) is 3.88. The summed E-state index contributed by atoms with van der Waals surface area (Å²) in [5.74, 6) is -1.12. The maximum atomic E-state index is 10.9. The summed E-state index contributed by atoms with van der Waals surface area (Å²) in [5.41, 5.74) is 5.04. The lowest BCUT2D eigenvalue weighted by Crippen LogP contribution is -2.45. The monoisotopic (exact) mass is 186 g/mol. The average Bonchev–Trinajstić information content (AvgIpc) is 1.97. The number of nitrogens with zero attached hydrogens (tertiary/aromatic N) is 1. The fourth-order valence-corrected chi connectivity index (χ4v) is 0.920. The van der Waals surface area contributed by atoms with Crippen LogP contribution in [0.2, 0.25) is 0 Å². The van der Waals surface area contributed by atoms with Crippen molar-refractivity contribution in [2.24, 2.45) is 5.73 Å². The molecule has 0 fully saturated rings. The minimum absolute atomic E-state index is 0.0224. The molecule has 0 radical (unpaired) electrons. The van der Waals surface area contributed by atoms with E-state index >= 15 is 0 Å². The zero-order chi connectivity index (χ0) is 10.6. The van der Waals surface area contributed by atoms with Gasteiger partial charge >= 0.3 is 0 Å². The summed E-state index contributed by atoms with van der Waals surface area (Å²) in [7, 11) is 1.45. The number of nitrogens with two attached hydrogens (primary N) is 1. The van der Waals surface area contributed by atoms with Crippen LogP contribution in [0, 0.1) is 0 Å². The molecule has 74 valence electrons. The Morgan fingerprint density at radius 2 is 1.77 bits per heavy atom. The highest BCUT2D eigenvalue weighted by Crippen LogP contribution is 2.02. The lowest BCUT2D eigenvalue weighted by atomic mass is 10.1. The van der Waals surface area contributed by atoms with E-state index in [0.29, 0.717) is 0 Å². The van der Waals surface area contributed by atoms with Crippen molar-refractivity contribution in [3.8, 4) is 0 Å². The quantitative estimate of drug-likeness (QED) is 0.630. The zero-order valence-electron chi connectivity index (χ0n) is 8.03. The van der Waals surface area contributed by atoms with Crippen molar-refractivity contribution in [1.82, 2.24) is 4.90 Å². The fraction of sp³-hybridized carbons (Fsp3) is 0.625. The lowest BCUT2D eigenvalue weighted by molar-refractivity contribution is -0.137. The van der Waals surface area contributed by atoms with Crippen molar-refractivity contribution in [3.05, 3.63) is 0 Å². The second kappa shape index (κ2) is 4.59.